The number of carbonyl (C=O) groups excluding carboxylic acids is 2. The van der Waals surface area contributed by atoms with Gasteiger partial charge in [0.05, 0.1) is 13.2 Å². The Labute approximate surface area is 90.2 Å². The Balaban J connectivity index is 0. The van der Waals surface area contributed by atoms with Gasteiger partial charge < -0.3 is 15.2 Å². The number of rotatable bonds is 5. The molecule has 0 atom stereocenters. The van der Waals surface area contributed by atoms with Crippen LogP contribution in [0.3, 0.4) is 0 Å². The first-order valence-corrected chi connectivity index (χ1v) is 4.79. The Morgan fingerprint density at radius 2 is 1.93 bits per heavy atom. The fourth-order valence-electron chi connectivity index (χ4n) is 0.518. The summed E-state index contributed by atoms with van der Waals surface area (Å²) in [6, 6.07) is 0. The third kappa shape index (κ3) is 19.1. The highest BCUT2D eigenvalue weighted by Crippen LogP contribution is 1.88. The minimum absolute atomic E-state index is 0.330. The number of amides is 1. The molecule has 0 aromatic carbocycles. The lowest BCUT2D eigenvalue weighted by Crippen LogP contribution is -2.11. The Hall–Kier alpha value is -1.52. The Kier molecular flexibility index (Phi) is 13.3. The second-order valence-electron chi connectivity index (χ2n) is 2.48. The van der Waals surface area contributed by atoms with Crippen molar-refractivity contribution in [1.82, 2.24) is 0 Å². The lowest BCUT2D eigenvalue weighted by Gasteiger charge is -1.97. The van der Waals surface area contributed by atoms with E-state index in [1.165, 1.54) is 6.08 Å². The normalized spacial score (nSPS) is 8.13. The van der Waals surface area contributed by atoms with Crippen molar-refractivity contribution in [2.24, 2.45) is 5.73 Å². The van der Waals surface area contributed by atoms with E-state index in [4.69, 9.17) is 0 Å². The van der Waals surface area contributed by atoms with Crippen LogP contribution in [0.1, 0.15) is 26.7 Å². The van der Waals surface area contributed by atoms with Crippen molar-refractivity contribution >= 4 is 12.1 Å². The smallest absolute Gasteiger partial charge is 0.404 e. The maximum absolute atomic E-state index is 10.3. The molecule has 0 fully saturated rings. The summed E-state index contributed by atoms with van der Waals surface area (Å²) >= 11 is 0. The molecular formula is C10H19NO4. The van der Waals surface area contributed by atoms with Gasteiger partial charge in [0.15, 0.2) is 0 Å². The second kappa shape index (κ2) is 12.5. The summed E-state index contributed by atoms with van der Waals surface area (Å²) in [4.78, 5) is 19.9. The summed E-state index contributed by atoms with van der Waals surface area (Å²) < 4.78 is 8.86. The van der Waals surface area contributed by atoms with Gasteiger partial charge in [0.25, 0.3) is 0 Å². The largest absolute Gasteiger partial charge is 0.463 e. The molecule has 0 spiro atoms. The predicted molar refractivity (Wildman–Crippen MR) is 57.3 cm³/mol. The molecule has 88 valence electrons. The van der Waals surface area contributed by atoms with E-state index in [1.807, 2.05) is 6.92 Å². The van der Waals surface area contributed by atoms with Crippen LogP contribution < -0.4 is 5.73 Å². The standard InChI is InChI=1S/C7H12O2.C3H7NO2/c1-3-5-6-9-7(8)4-2;1-2-6-3(4)5/h4H,2-3,5-6H2,1H3;2H2,1H3,(H2,4,5). The lowest BCUT2D eigenvalue weighted by atomic mass is 10.4. The van der Waals surface area contributed by atoms with Crippen LogP contribution in [-0.4, -0.2) is 25.3 Å². The van der Waals surface area contributed by atoms with Gasteiger partial charge in [-0.2, -0.15) is 0 Å². The van der Waals surface area contributed by atoms with E-state index in [0.717, 1.165) is 12.8 Å². The van der Waals surface area contributed by atoms with Crippen molar-refractivity contribution in [2.45, 2.75) is 26.7 Å². The molecule has 0 saturated carbocycles. The van der Waals surface area contributed by atoms with Gasteiger partial charge in [-0.1, -0.05) is 19.9 Å². The summed E-state index contributed by atoms with van der Waals surface area (Å²) in [7, 11) is 0. The topological polar surface area (TPSA) is 78.6 Å². The summed E-state index contributed by atoms with van der Waals surface area (Å²) in [5, 5.41) is 0. The molecule has 5 heteroatoms. The molecule has 0 aromatic heterocycles. The number of unbranched alkanes of at least 4 members (excludes halogenated alkanes) is 1. The van der Waals surface area contributed by atoms with E-state index in [2.05, 4.69) is 21.8 Å². The van der Waals surface area contributed by atoms with Crippen molar-refractivity contribution in [3.8, 4) is 0 Å². The molecule has 15 heavy (non-hydrogen) atoms. The average Bonchev–Trinajstić information content (AvgIpc) is 2.18. The summed E-state index contributed by atoms with van der Waals surface area (Å²) in [6.45, 7) is 7.88. The molecule has 1 amide bonds. The molecule has 0 saturated heterocycles. The maximum Gasteiger partial charge on any atom is 0.404 e. The minimum Gasteiger partial charge on any atom is -0.463 e. The molecule has 0 rings (SSSR count). The third-order valence-electron chi connectivity index (χ3n) is 1.20. The van der Waals surface area contributed by atoms with Crippen LogP contribution in [0.2, 0.25) is 0 Å². The SMILES string of the molecule is C=CC(=O)OCCCC.CCOC(N)=O. The molecule has 0 aromatic rings. The number of ether oxygens (including phenoxy) is 2. The van der Waals surface area contributed by atoms with Gasteiger partial charge in [-0.25, -0.2) is 9.59 Å². The number of hydrogen-bond donors (Lipinski definition) is 1. The van der Waals surface area contributed by atoms with Crippen molar-refractivity contribution in [1.29, 1.82) is 0 Å². The molecule has 0 radical (unpaired) electrons. The highest BCUT2D eigenvalue weighted by molar-refractivity contribution is 5.81. The molecular weight excluding hydrogens is 198 g/mol. The van der Waals surface area contributed by atoms with Crippen LogP contribution in [0.4, 0.5) is 4.79 Å². The van der Waals surface area contributed by atoms with E-state index in [1.54, 1.807) is 6.92 Å². The molecule has 0 unspecified atom stereocenters. The van der Waals surface area contributed by atoms with Crippen molar-refractivity contribution in [2.75, 3.05) is 13.2 Å². The molecule has 2 N–H and O–H groups in total. The number of nitrogens with two attached hydrogens (primary N) is 1. The first kappa shape index (κ1) is 15.9. The predicted octanol–water partition coefficient (Wildman–Crippen LogP) is 1.62. The third-order valence-corrected chi connectivity index (χ3v) is 1.20. The fraction of sp³-hybridized carbons (Fsp3) is 0.600. The van der Waals surface area contributed by atoms with Gasteiger partial charge in [-0.15, -0.1) is 0 Å². The van der Waals surface area contributed by atoms with Gasteiger partial charge in [0.2, 0.25) is 0 Å². The summed E-state index contributed by atoms with van der Waals surface area (Å²) in [5.74, 6) is -0.330. The second-order valence-corrected chi connectivity index (χ2v) is 2.48. The van der Waals surface area contributed by atoms with Crippen LogP contribution >= 0.6 is 0 Å². The van der Waals surface area contributed by atoms with Gasteiger partial charge >= 0.3 is 12.1 Å². The summed E-state index contributed by atoms with van der Waals surface area (Å²) in [5.41, 5.74) is 4.54. The first-order chi connectivity index (χ1) is 7.08. The Morgan fingerprint density at radius 1 is 1.33 bits per heavy atom. The van der Waals surface area contributed by atoms with E-state index in [0.29, 0.717) is 13.2 Å². The van der Waals surface area contributed by atoms with E-state index < -0.39 is 6.09 Å². The maximum atomic E-state index is 10.3. The molecule has 0 aliphatic heterocycles. The first-order valence-electron chi connectivity index (χ1n) is 4.79. The lowest BCUT2D eigenvalue weighted by molar-refractivity contribution is -0.137. The molecule has 0 bridgehead atoms. The van der Waals surface area contributed by atoms with Crippen LogP contribution in [0.25, 0.3) is 0 Å². The minimum atomic E-state index is -0.711. The number of carbonyl (C=O) groups is 2. The zero-order valence-corrected chi connectivity index (χ0v) is 9.32. The highest BCUT2D eigenvalue weighted by atomic mass is 16.5. The van der Waals surface area contributed by atoms with E-state index in [-0.39, 0.29) is 5.97 Å². The quantitative estimate of drug-likeness (QED) is 0.431. The van der Waals surface area contributed by atoms with E-state index >= 15 is 0 Å². The van der Waals surface area contributed by atoms with Crippen LogP contribution in [-0.2, 0) is 14.3 Å². The van der Waals surface area contributed by atoms with Crippen LogP contribution in [0, 0.1) is 0 Å². The zero-order chi connectivity index (χ0) is 12.1. The monoisotopic (exact) mass is 217 g/mol. The van der Waals surface area contributed by atoms with Crippen LogP contribution in [0.15, 0.2) is 12.7 Å². The van der Waals surface area contributed by atoms with Gasteiger partial charge in [0, 0.05) is 6.08 Å². The highest BCUT2D eigenvalue weighted by Gasteiger charge is 1.91. The molecule has 5 nitrogen and oxygen atoms in total. The summed E-state index contributed by atoms with van der Waals surface area (Å²) in [6.07, 6.45) is 2.44. The van der Waals surface area contributed by atoms with Gasteiger partial charge in [0.1, 0.15) is 0 Å². The van der Waals surface area contributed by atoms with Gasteiger partial charge in [-0.05, 0) is 13.3 Å². The fourth-order valence-corrected chi connectivity index (χ4v) is 0.518. The van der Waals surface area contributed by atoms with Crippen molar-refractivity contribution in [3.63, 3.8) is 0 Å². The number of esters is 1. The Bertz CT molecular complexity index is 192. The number of primary amides is 1. The number of hydrogen-bond acceptors (Lipinski definition) is 4. The Morgan fingerprint density at radius 3 is 2.20 bits per heavy atom. The van der Waals surface area contributed by atoms with Crippen molar-refractivity contribution in [3.05, 3.63) is 12.7 Å². The zero-order valence-electron chi connectivity index (χ0n) is 9.32. The molecule has 0 aliphatic carbocycles. The van der Waals surface area contributed by atoms with Gasteiger partial charge in [-0.3, -0.25) is 0 Å². The average molecular weight is 217 g/mol. The molecule has 0 aliphatic rings. The molecule has 0 heterocycles. The van der Waals surface area contributed by atoms with E-state index in [9.17, 15) is 9.59 Å². The van der Waals surface area contributed by atoms with Crippen LogP contribution in [0.5, 0.6) is 0 Å². The van der Waals surface area contributed by atoms with Crippen molar-refractivity contribution < 1.29 is 19.1 Å².